The monoisotopic (exact) mass is 292 g/mol. The molecule has 114 valence electrons. The molecule has 1 atom stereocenters. The first-order chi connectivity index (χ1) is 9.83. The van der Waals surface area contributed by atoms with Crippen molar-refractivity contribution >= 4 is 11.9 Å². The van der Waals surface area contributed by atoms with E-state index in [4.69, 9.17) is 9.57 Å². The molecule has 1 N–H and O–H groups in total. The fraction of sp³-hybridized carbons (Fsp3) is 0.467. The second kappa shape index (κ2) is 5.83. The number of ether oxygens (including phenoxy) is 1. The second-order valence-electron chi connectivity index (χ2n) is 5.51. The van der Waals surface area contributed by atoms with Crippen molar-refractivity contribution in [3.05, 3.63) is 29.8 Å². The van der Waals surface area contributed by atoms with Crippen LogP contribution in [0.5, 0.6) is 5.75 Å². The Hall–Kier alpha value is -1.92. The Bertz CT molecular complexity index is 539. The van der Waals surface area contributed by atoms with Crippen LogP contribution < -0.4 is 10.1 Å². The first-order valence-electron chi connectivity index (χ1n) is 6.77. The summed E-state index contributed by atoms with van der Waals surface area (Å²) in [5, 5.41) is 4.59. The van der Waals surface area contributed by atoms with E-state index in [-0.39, 0.29) is 17.9 Å². The van der Waals surface area contributed by atoms with Crippen molar-refractivity contribution in [3.63, 3.8) is 0 Å². The van der Waals surface area contributed by atoms with E-state index in [2.05, 4.69) is 5.32 Å². The van der Waals surface area contributed by atoms with Gasteiger partial charge in [0, 0.05) is 6.92 Å². The third-order valence-corrected chi connectivity index (χ3v) is 3.34. The smallest absolute Gasteiger partial charge is 0.308 e. The van der Waals surface area contributed by atoms with E-state index < -0.39 is 5.66 Å². The lowest BCUT2D eigenvalue weighted by Crippen LogP contribution is -2.46. The molecule has 0 unspecified atom stereocenters. The van der Waals surface area contributed by atoms with E-state index in [0.717, 1.165) is 5.56 Å². The Kier molecular flexibility index (Phi) is 4.29. The van der Waals surface area contributed by atoms with Gasteiger partial charge in [0.15, 0.2) is 0 Å². The maximum absolute atomic E-state index is 12.2. The summed E-state index contributed by atoms with van der Waals surface area (Å²) in [5.74, 6) is 0.0511. The molecule has 21 heavy (non-hydrogen) atoms. The van der Waals surface area contributed by atoms with Crippen LogP contribution in [0.25, 0.3) is 0 Å². The molecule has 2 rings (SSSR count). The number of nitrogens with one attached hydrogen (secondary N) is 1. The Labute approximate surface area is 124 Å². The molecule has 0 aliphatic carbocycles. The quantitative estimate of drug-likeness (QED) is 0.668. The van der Waals surface area contributed by atoms with Crippen LogP contribution in [-0.2, 0) is 20.8 Å². The third kappa shape index (κ3) is 3.40. The van der Waals surface area contributed by atoms with Gasteiger partial charge in [-0.1, -0.05) is 12.1 Å². The van der Waals surface area contributed by atoms with Gasteiger partial charge in [-0.25, -0.2) is 5.06 Å². The summed E-state index contributed by atoms with van der Waals surface area (Å²) in [6.07, 6.45) is 0.544. The van der Waals surface area contributed by atoms with Crippen molar-refractivity contribution in [2.24, 2.45) is 0 Å². The molecule has 0 saturated carbocycles. The molecule has 1 amide bonds. The number of carbonyl (C=O) groups is 2. The molecule has 6 heteroatoms. The summed E-state index contributed by atoms with van der Waals surface area (Å²) < 4.78 is 4.98. The topological polar surface area (TPSA) is 67.9 Å². The lowest BCUT2D eigenvalue weighted by molar-refractivity contribution is -0.192. The van der Waals surface area contributed by atoms with Crippen molar-refractivity contribution in [2.45, 2.75) is 38.9 Å². The molecule has 1 aromatic rings. The Morgan fingerprint density at radius 3 is 2.43 bits per heavy atom. The Morgan fingerprint density at radius 2 is 1.95 bits per heavy atom. The number of hydroxylamine groups is 2. The highest BCUT2D eigenvalue weighted by Crippen LogP contribution is 2.23. The molecule has 1 heterocycles. The molecule has 1 aliphatic rings. The van der Waals surface area contributed by atoms with Gasteiger partial charge in [-0.05, 0) is 38.0 Å². The van der Waals surface area contributed by atoms with Crippen molar-refractivity contribution < 1.29 is 19.2 Å². The average Bonchev–Trinajstić information content (AvgIpc) is 2.60. The van der Waals surface area contributed by atoms with Crippen molar-refractivity contribution in [1.82, 2.24) is 10.4 Å². The lowest BCUT2D eigenvalue weighted by atomic mass is 10.1. The minimum atomic E-state index is -0.534. The third-order valence-electron chi connectivity index (χ3n) is 3.34. The molecular formula is C15H20N2O4. The highest BCUT2D eigenvalue weighted by Gasteiger charge is 2.44. The molecular weight excluding hydrogens is 272 g/mol. The number of amides is 1. The van der Waals surface area contributed by atoms with Crippen LogP contribution >= 0.6 is 0 Å². The minimum Gasteiger partial charge on any atom is -0.427 e. The van der Waals surface area contributed by atoms with Crippen LogP contribution in [0, 0.1) is 0 Å². The zero-order valence-electron chi connectivity index (χ0n) is 12.7. The van der Waals surface area contributed by atoms with Crippen molar-refractivity contribution in [2.75, 3.05) is 7.11 Å². The largest absolute Gasteiger partial charge is 0.427 e. The lowest BCUT2D eigenvalue weighted by Gasteiger charge is -2.28. The molecule has 0 aromatic heterocycles. The van der Waals surface area contributed by atoms with E-state index in [1.807, 2.05) is 26.0 Å². The van der Waals surface area contributed by atoms with Gasteiger partial charge in [0.1, 0.15) is 11.4 Å². The van der Waals surface area contributed by atoms with Crippen LogP contribution in [0.3, 0.4) is 0 Å². The van der Waals surface area contributed by atoms with Gasteiger partial charge in [-0.15, -0.1) is 0 Å². The predicted octanol–water partition coefficient (Wildman–Crippen LogP) is 1.25. The number of nitrogens with zero attached hydrogens (tertiary/aromatic N) is 1. The standard InChI is InChI=1S/C15H20N2O4/c1-10(18)21-12-7-5-11(6-8-12)9-13-14(19)17(20-4)15(2,3)16-13/h5-8,13,16H,9H2,1-4H3/t13-/m0/s1. The van der Waals surface area contributed by atoms with Gasteiger partial charge < -0.3 is 4.74 Å². The zero-order chi connectivity index (χ0) is 15.6. The van der Waals surface area contributed by atoms with Crippen LogP contribution in [0.2, 0.25) is 0 Å². The van der Waals surface area contributed by atoms with Gasteiger partial charge in [0.25, 0.3) is 5.91 Å². The highest BCUT2D eigenvalue weighted by molar-refractivity contribution is 5.84. The number of hydrogen-bond acceptors (Lipinski definition) is 5. The first kappa shape index (κ1) is 15.5. The Morgan fingerprint density at radius 1 is 1.33 bits per heavy atom. The second-order valence-corrected chi connectivity index (χ2v) is 5.51. The summed E-state index contributed by atoms with van der Waals surface area (Å²) in [6.45, 7) is 5.13. The molecule has 1 saturated heterocycles. The maximum Gasteiger partial charge on any atom is 0.308 e. The van der Waals surface area contributed by atoms with E-state index >= 15 is 0 Å². The number of carbonyl (C=O) groups excluding carboxylic acids is 2. The van der Waals surface area contributed by atoms with E-state index in [0.29, 0.717) is 12.2 Å². The van der Waals surface area contributed by atoms with Crippen molar-refractivity contribution in [1.29, 1.82) is 0 Å². The molecule has 0 spiro atoms. The highest BCUT2D eigenvalue weighted by atomic mass is 16.7. The molecule has 1 aliphatic heterocycles. The van der Waals surface area contributed by atoms with Gasteiger partial charge in [-0.2, -0.15) is 0 Å². The number of hydrogen-bond donors (Lipinski definition) is 1. The van der Waals surface area contributed by atoms with Gasteiger partial charge in [0.05, 0.1) is 13.2 Å². The fourth-order valence-electron chi connectivity index (χ4n) is 2.52. The van der Waals surface area contributed by atoms with Crippen LogP contribution in [-0.4, -0.2) is 35.8 Å². The Balaban J connectivity index is 2.05. The predicted molar refractivity (Wildman–Crippen MR) is 76.3 cm³/mol. The summed E-state index contributed by atoms with van der Waals surface area (Å²) in [7, 11) is 1.48. The van der Waals surface area contributed by atoms with Gasteiger partial charge in [-0.3, -0.25) is 19.7 Å². The van der Waals surface area contributed by atoms with E-state index in [1.54, 1.807) is 12.1 Å². The summed E-state index contributed by atoms with van der Waals surface area (Å²) in [5.41, 5.74) is 0.444. The number of benzene rings is 1. The summed E-state index contributed by atoms with van der Waals surface area (Å²) >= 11 is 0. The summed E-state index contributed by atoms with van der Waals surface area (Å²) in [6, 6.07) is 6.79. The van der Waals surface area contributed by atoms with Crippen molar-refractivity contribution in [3.8, 4) is 5.75 Å². The van der Waals surface area contributed by atoms with Gasteiger partial charge in [0.2, 0.25) is 0 Å². The normalized spacial score (nSPS) is 20.7. The maximum atomic E-state index is 12.2. The molecule has 0 bridgehead atoms. The van der Waals surface area contributed by atoms with Crippen LogP contribution in [0.1, 0.15) is 26.3 Å². The zero-order valence-corrected chi connectivity index (χ0v) is 12.7. The van der Waals surface area contributed by atoms with Gasteiger partial charge >= 0.3 is 5.97 Å². The van der Waals surface area contributed by atoms with Crippen LogP contribution in [0.4, 0.5) is 0 Å². The fourth-order valence-corrected chi connectivity index (χ4v) is 2.52. The average molecular weight is 292 g/mol. The SMILES string of the molecule is CON1C(=O)[C@H](Cc2ccc(OC(C)=O)cc2)NC1(C)C. The number of rotatable bonds is 4. The number of esters is 1. The van der Waals surface area contributed by atoms with E-state index in [9.17, 15) is 9.59 Å². The molecule has 1 fully saturated rings. The minimum absolute atomic E-state index is 0.0911. The molecule has 1 aromatic carbocycles. The van der Waals surface area contributed by atoms with Crippen LogP contribution in [0.15, 0.2) is 24.3 Å². The van der Waals surface area contributed by atoms with E-state index in [1.165, 1.54) is 19.1 Å². The first-order valence-corrected chi connectivity index (χ1v) is 6.77. The summed E-state index contributed by atoms with van der Waals surface area (Å²) in [4.78, 5) is 28.2. The molecule has 6 nitrogen and oxygen atoms in total. The molecule has 0 radical (unpaired) electrons.